The molecule has 2 rings (SSSR count). The number of ether oxygens (including phenoxy) is 1. The summed E-state index contributed by atoms with van der Waals surface area (Å²) in [5.74, 6) is 0.706. The molecule has 0 bridgehead atoms. The van der Waals surface area contributed by atoms with E-state index in [-0.39, 0.29) is 6.10 Å². The molecule has 1 atom stereocenters. The monoisotopic (exact) mass is 155 g/mol. The van der Waals surface area contributed by atoms with Crippen LogP contribution < -0.4 is 0 Å². The normalized spacial score (nSPS) is 31.5. The van der Waals surface area contributed by atoms with Crippen LogP contribution in [0.1, 0.15) is 19.3 Å². The summed E-state index contributed by atoms with van der Waals surface area (Å²) < 4.78 is 5.13. The zero-order chi connectivity index (χ0) is 7.52. The highest BCUT2D eigenvalue weighted by Gasteiger charge is 2.20. The van der Waals surface area contributed by atoms with Gasteiger partial charge in [-0.2, -0.15) is 0 Å². The highest BCUT2D eigenvalue weighted by molar-refractivity contribution is 5.62. The topological polar surface area (TPSA) is 30.8 Å². The van der Waals surface area contributed by atoms with E-state index in [9.17, 15) is 0 Å². The maximum atomic E-state index is 5.20. The van der Waals surface area contributed by atoms with Gasteiger partial charge < -0.3 is 9.57 Å². The van der Waals surface area contributed by atoms with Crippen molar-refractivity contribution in [1.82, 2.24) is 0 Å². The molecule has 1 aliphatic carbocycles. The van der Waals surface area contributed by atoms with Crippen LogP contribution in [0.15, 0.2) is 5.16 Å². The summed E-state index contributed by atoms with van der Waals surface area (Å²) in [6, 6.07) is 0. The molecule has 0 aromatic heterocycles. The summed E-state index contributed by atoms with van der Waals surface area (Å²) in [6.07, 6.45) is 5.69. The molecule has 3 nitrogen and oxygen atoms in total. The minimum atomic E-state index is 0.213. The van der Waals surface area contributed by atoms with Gasteiger partial charge in [-0.05, 0) is 18.8 Å². The van der Waals surface area contributed by atoms with Crippen molar-refractivity contribution in [3.63, 3.8) is 0 Å². The first kappa shape index (κ1) is 7.10. The Balaban J connectivity index is 1.64. The lowest BCUT2D eigenvalue weighted by atomic mass is 10.3. The van der Waals surface area contributed by atoms with Gasteiger partial charge in [-0.15, -0.1) is 0 Å². The lowest BCUT2D eigenvalue weighted by Gasteiger charge is -2.02. The second-order valence-electron chi connectivity index (χ2n) is 3.18. The molecule has 1 aliphatic heterocycles. The lowest BCUT2D eigenvalue weighted by molar-refractivity contribution is 0.0479. The first-order chi connectivity index (χ1) is 5.45. The van der Waals surface area contributed by atoms with Crippen LogP contribution >= 0.6 is 0 Å². The third kappa shape index (κ3) is 2.19. The van der Waals surface area contributed by atoms with E-state index in [0.29, 0.717) is 12.5 Å². The minimum Gasteiger partial charge on any atom is -0.390 e. The fraction of sp³-hybridized carbons (Fsp3) is 0.875. The van der Waals surface area contributed by atoms with E-state index in [4.69, 9.17) is 9.57 Å². The van der Waals surface area contributed by atoms with Gasteiger partial charge in [0.25, 0.3) is 0 Å². The molecule has 0 aromatic rings. The minimum absolute atomic E-state index is 0.213. The molecule has 0 spiro atoms. The number of nitrogens with zero attached hydrogens (tertiary/aromatic N) is 1. The van der Waals surface area contributed by atoms with Crippen molar-refractivity contribution in [2.75, 3.05) is 13.2 Å². The van der Waals surface area contributed by atoms with Crippen LogP contribution in [0, 0.1) is 5.92 Å². The van der Waals surface area contributed by atoms with E-state index < -0.39 is 0 Å². The van der Waals surface area contributed by atoms with Crippen LogP contribution in [0.2, 0.25) is 0 Å². The molecule has 1 heterocycles. The maximum Gasteiger partial charge on any atom is 0.152 e. The summed E-state index contributed by atoms with van der Waals surface area (Å²) in [6.45, 7) is 1.53. The molecule has 3 heteroatoms. The fourth-order valence-electron chi connectivity index (χ4n) is 1.05. The predicted molar refractivity (Wildman–Crippen MR) is 41.5 cm³/mol. The van der Waals surface area contributed by atoms with Gasteiger partial charge in [0.05, 0.1) is 13.2 Å². The van der Waals surface area contributed by atoms with Crippen LogP contribution in [0.4, 0.5) is 0 Å². The SMILES string of the molecule is C(=N\OC1CCOC1)/C1CC1. The standard InChI is InChI=1S/C8H13NO2/c1-2-7(1)5-9-11-8-3-4-10-6-8/h5,7-8H,1-4,6H2/b9-5+. The maximum absolute atomic E-state index is 5.20. The van der Waals surface area contributed by atoms with Crippen molar-refractivity contribution >= 4 is 6.21 Å². The summed E-state index contributed by atoms with van der Waals surface area (Å²) in [7, 11) is 0. The molecule has 11 heavy (non-hydrogen) atoms. The number of hydrogen-bond acceptors (Lipinski definition) is 3. The van der Waals surface area contributed by atoms with Crippen molar-refractivity contribution in [1.29, 1.82) is 0 Å². The lowest BCUT2D eigenvalue weighted by Crippen LogP contribution is -2.08. The third-order valence-corrected chi connectivity index (χ3v) is 1.99. The van der Waals surface area contributed by atoms with E-state index >= 15 is 0 Å². The summed E-state index contributed by atoms with van der Waals surface area (Å²) in [4.78, 5) is 5.20. The van der Waals surface area contributed by atoms with E-state index in [1.807, 2.05) is 6.21 Å². The first-order valence-electron chi connectivity index (χ1n) is 4.22. The van der Waals surface area contributed by atoms with E-state index in [1.165, 1.54) is 12.8 Å². The second-order valence-corrected chi connectivity index (χ2v) is 3.18. The third-order valence-electron chi connectivity index (χ3n) is 1.99. The van der Waals surface area contributed by atoms with E-state index in [0.717, 1.165) is 13.0 Å². The quantitative estimate of drug-likeness (QED) is 0.452. The Morgan fingerprint density at radius 2 is 2.27 bits per heavy atom. The molecule has 62 valence electrons. The van der Waals surface area contributed by atoms with Gasteiger partial charge in [0.2, 0.25) is 0 Å². The fourth-order valence-corrected chi connectivity index (χ4v) is 1.05. The Morgan fingerprint density at radius 3 is 2.91 bits per heavy atom. The van der Waals surface area contributed by atoms with E-state index in [2.05, 4.69) is 5.16 Å². The van der Waals surface area contributed by atoms with Crippen molar-refractivity contribution in [2.45, 2.75) is 25.4 Å². The summed E-state index contributed by atoms with van der Waals surface area (Å²) in [5, 5.41) is 3.91. The van der Waals surface area contributed by atoms with Crippen molar-refractivity contribution in [2.24, 2.45) is 11.1 Å². The van der Waals surface area contributed by atoms with Crippen LogP contribution in [0.3, 0.4) is 0 Å². The Labute approximate surface area is 66.4 Å². The van der Waals surface area contributed by atoms with Gasteiger partial charge in [0, 0.05) is 12.6 Å². The predicted octanol–water partition coefficient (Wildman–Crippen LogP) is 1.19. The number of hydrogen-bond donors (Lipinski definition) is 0. The van der Waals surface area contributed by atoms with Crippen LogP contribution in [-0.4, -0.2) is 25.5 Å². The molecule has 1 saturated carbocycles. The van der Waals surface area contributed by atoms with Gasteiger partial charge in [-0.25, -0.2) is 0 Å². The zero-order valence-corrected chi connectivity index (χ0v) is 6.53. The molecule has 1 unspecified atom stereocenters. The van der Waals surface area contributed by atoms with Crippen molar-refractivity contribution in [3.05, 3.63) is 0 Å². The average molecular weight is 155 g/mol. The van der Waals surface area contributed by atoms with Gasteiger partial charge in [0.1, 0.15) is 0 Å². The van der Waals surface area contributed by atoms with Gasteiger partial charge in [-0.3, -0.25) is 0 Å². The Morgan fingerprint density at radius 1 is 1.36 bits per heavy atom. The Hall–Kier alpha value is -0.570. The molecular formula is C8H13NO2. The molecule has 1 saturated heterocycles. The van der Waals surface area contributed by atoms with Crippen molar-refractivity contribution in [3.8, 4) is 0 Å². The smallest absolute Gasteiger partial charge is 0.152 e. The molecule has 2 fully saturated rings. The summed E-state index contributed by atoms with van der Waals surface area (Å²) in [5.41, 5.74) is 0. The second kappa shape index (κ2) is 3.22. The molecule has 0 aromatic carbocycles. The molecule has 0 amide bonds. The van der Waals surface area contributed by atoms with E-state index in [1.54, 1.807) is 0 Å². The highest BCUT2D eigenvalue weighted by atomic mass is 16.7. The average Bonchev–Trinajstić information content (AvgIpc) is 2.66. The largest absolute Gasteiger partial charge is 0.390 e. The van der Waals surface area contributed by atoms with Gasteiger partial charge in [0.15, 0.2) is 6.10 Å². The first-order valence-corrected chi connectivity index (χ1v) is 4.22. The number of rotatable bonds is 3. The highest BCUT2D eigenvalue weighted by Crippen LogP contribution is 2.26. The molecule has 0 radical (unpaired) electrons. The summed E-state index contributed by atoms with van der Waals surface area (Å²) >= 11 is 0. The van der Waals surface area contributed by atoms with Crippen LogP contribution in [0.5, 0.6) is 0 Å². The van der Waals surface area contributed by atoms with Crippen LogP contribution in [0.25, 0.3) is 0 Å². The molecular weight excluding hydrogens is 142 g/mol. The molecule has 2 aliphatic rings. The Bertz CT molecular complexity index is 148. The molecule has 0 N–H and O–H groups in total. The van der Waals surface area contributed by atoms with Gasteiger partial charge in [-0.1, -0.05) is 5.16 Å². The van der Waals surface area contributed by atoms with Gasteiger partial charge >= 0.3 is 0 Å². The Kier molecular flexibility index (Phi) is 2.08. The zero-order valence-electron chi connectivity index (χ0n) is 6.53. The van der Waals surface area contributed by atoms with Crippen molar-refractivity contribution < 1.29 is 9.57 Å². The van der Waals surface area contributed by atoms with Crippen LogP contribution in [-0.2, 0) is 9.57 Å². The number of oxime groups is 1.